The predicted molar refractivity (Wildman–Crippen MR) is 223 cm³/mol. The quantitative estimate of drug-likeness (QED) is 0.185. The van der Waals surface area contributed by atoms with Gasteiger partial charge >= 0.3 is 0 Å². The minimum Gasteiger partial charge on any atom is -0.309 e. The molecule has 2 heterocycles. The Kier molecular flexibility index (Phi) is 6.30. The standard InChI is InChI=1S/C50H35N3/c1-50(2)43-29-36(52(35-15-4-3-5-16-35)38-28-34-14-8-11-19-45(34)51-31-38)22-24-41(43)42-25-23-37(30-44(42)50)53-46-26-20-32-12-6-9-17-39(32)48(46)49-40-18-10-7-13-33(40)21-27-47(49)53/h3-31H,1-2H3. The van der Waals surface area contributed by atoms with Crippen molar-refractivity contribution in [3.8, 4) is 16.8 Å². The molecule has 0 bridgehead atoms. The van der Waals surface area contributed by atoms with Crippen molar-refractivity contribution in [3.63, 3.8) is 0 Å². The Hall–Kier alpha value is -6.71. The number of hydrogen-bond donors (Lipinski definition) is 0. The first-order valence-corrected chi connectivity index (χ1v) is 18.4. The van der Waals surface area contributed by atoms with Gasteiger partial charge in [-0.25, -0.2) is 0 Å². The van der Waals surface area contributed by atoms with Crippen LogP contribution in [0, 0.1) is 0 Å². The Bertz CT molecular complexity index is 3000. The van der Waals surface area contributed by atoms with E-state index in [0.29, 0.717) is 0 Å². The van der Waals surface area contributed by atoms with E-state index in [1.807, 2.05) is 12.3 Å². The van der Waals surface area contributed by atoms with E-state index in [2.05, 4.69) is 187 Å². The van der Waals surface area contributed by atoms with Crippen molar-refractivity contribution in [1.29, 1.82) is 0 Å². The third-order valence-corrected chi connectivity index (χ3v) is 11.6. The van der Waals surface area contributed by atoms with Crippen LogP contribution in [0.5, 0.6) is 0 Å². The SMILES string of the molecule is CC1(C)c2cc(N(c3ccccc3)c3cnc4ccccc4c3)ccc2-c2ccc(-n3c4ccc5ccccc5c4c4c5ccccc5ccc43)cc21. The van der Waals surface area contributed by atoms with Crippen molar-refractivity contribution in [2.24, 2.45) is 0 Å². The van der Waals surface area contributed by atoms with Crippen LogP contribution in [-0.4, -0.2) is 9.55 Å². The van der Waals surface area contributed by atoms with Crippen LogP contribution in [0.2, 0.25) is 0 Å². The lowest BCUT2D eigenvalue weighted by atomic mass is 9.82. The molecule has 0 amide bonds. The largest absolute Gasteiger partial charge is 0.309 e. The first kappa shape index (κ1) is 30.0. The summed E-state index contributed by atoms with van der Waals surface area (Å²) in [6.07, 6.45) is 1.99. The van der Waals surface area contributed by atoms with Crippen LogP contribution in [0.15, 0.2) is 176 Å². The van der Waals surface area contributed by atoms with Gasteiger partial charge in [0.1, 0.15) is 0 Å². The second kappa shape index (κ2) is 11.1. The van der Waals surface area contributed by atoms with Gasteiger partial charge < -0.3 is 9.47 Å². The van der Waals surface area contributed by atoms with Crippen LogP contribution in [0.25, 0.3) is 71.1 Å². The van der Waals surface area contributed by atoms with Gasteiger partial charge in [0, 0.05) is 38.6 Å². The number of nitrogens with zero attached hydrogens (tertiary/aromatic N) is 3. The van der Waals surface area contributed by atoms with E-state index < -0.39 is 0 Å². The van der Waals surface area contributed by atoms with Gasteiger partial charge in [-0.1, -0.05) is 123 Å². The Morgan fingerprint density at radius 2 is 1.06 bits per heavy atom. The molecular weight excluding hydrogens is 643 g/mol. The zero-order chi connectivity index (χ0) is 35.3. The Morgan fingerprint density at radius 3 is 1.75 bits per heavy atom. The average Bonchev–Trinajstić information content (AvgIpc) is 3.67. The van der Waals surface area contributed by atoms with Crippen molar-refractivity contribution < 1.29 is 0 Å². The number of rotatable bonds is 4. The van der Waals surface area contributed by atoms with Crippen molar-refractivity contribution in [2.75, 3.05) is 4.90 Å². The highest BCUT2D eigenvalue weighted by atomic mass is 15.1. The minimum absolute atomic E-state index is 0.223. The molecule has 11 rings (SSSR count). The van der Waals surface area contributed by atoms with Crippen molar-refractivity contribution in [1.82, 2.24) is 9.55 Å². The topological polar surface area (TPSA) is 21.1 Å². The van der Waals surface area contributed by atoms with Gasteiger partial charge in [-0.2, -0.15) is 0 Å². The van der Waals surface area contributed by atoms with Gasteiger partial charge in [-0.3, -0.25) is 4.98 Å². The second-order valence-corrected chi connectivity index (χ2v) is 14.8. The zero-order valence-electron chi connectivity index (χ0n) is 29.6. The molecule has 0 N–H and O–H groups in total. The molecular formula is C50H35N3. The van der Waals surface area contributed by atoms with Gasteiger partial charge in [0.05, 0.1) is 28.4 Å². The highest BCUT2D eigenvalue weighted by Gasteiger charge is 2.36. The summed E-state index contributed by atoms with van der Waals surface area (Å²) in [5, 5.41) is 8.85. The zero-order valence-corrected chi connectivity index (χ0v) is 29.6. The van der Waals surface area contributed by atoms with E-state index in [1.165, 1.54) is 71.3 Å². The summed E-state index contributed by atoms with van der Waals surface area (Å²) in [5.74, 6) is 0. The van der Waals surface area contributed by atoms with Crippen molar-refractivity contribution in [2.45, 2.75) is 19.3 Å². The number of pyridine rings is 1. The Labute approximate surface area is 308 Å². The fraction of sp³-hybridized carbons (Fsp3) is 0.0600. The van der Waals surface area contributed by atoms with Crippen LogP contribution in [0.4, 0.5) is 17.1 Å². The lowest BCUT2D eigenvalue weighted by Crippen LogP contribution is -2.17. The number of anilines is 3. The van der Waals surface area contributed by atoms with Crippen LogP contribution >= 0.6 is 0 Å². The van der Waals surface area contributed by atoms with Crippen LogP contribution in [0.1, 0.15) is 25.0 Å². The summed E-state index contributed by atoms with van der Waals surface area (Å²) in [6.45, 7) is 4.76. The highest BCUT2D eigenvalue weighted by molar-refractivity contribution is 6.28. The molecule has 250 valence electrons. The van der Waals surface area contributed by atoms with Crippen LogP contribution in [0.3, 0.4) is 0 Å². The summed E-state index contributed by atoms with van der Waals surface area (Å²) in [7, 11) is 0. The molecule has 0 saturated carbocycles. The molecule has 0 unspecified atom stereocenters. The average molecular weight is 678 g/mol. The molecule has 0 fully saturated rings. The van der Waals surface area contributed by atoms with Crippen molar-refractivity contribution >= 4 is 71.3 Å². The molecule has 0 radical (unpaired) electrons. The third kappa shape index (κ3) is 4.37. The van der Waals surface area contributed by atoms with E-state index in [4.69, 9.17) is 4.98 Å². The number of aromatic nitrogens is 2. The fourth-order valence-electron chi connectivity index (χ4n) is 9.02. The molecule has 0 spiro atoms. The van der Waals surface area contributed by atoms with E-state index in [-0.39, 0.29) is 5.41 Å². The summed E-state index contributed by atoms with van der Waals surface area (Å²) in [5.41, 5.74) is 12.9. The number of fused-ring (bicyclic) bond motifs is 11. The highest BCUT2D eigenvalue weighted by Crippen LogP contribution is 2.52. The van der Waals surface area contributed by atoms with E-state index in [1.54, 1.807) is 0 Å². The summed E-state index contributed by atoms with van der Waals surface area (Å²) < 4.78 is 2.48. The maximum Gasteiger partial charge on any atom is 0.0703 e. The van der Waals surface area contributed by atoms with Gasteiger partial charge in [-0.15, -0.1) is 0 Å². The molecule has 0 aliphatic heterocycles. The lowest BCUT2D eigenvalue weighted by molar-refractivity contribution is 0.660. The van der Waals surface area contributed by atoms with Crippen LogP contribution < -0.4 is 4.90 Å². The molecule has 0 atom stereocenters. The second-order valence-electron chi connectivity index (χ2n) is 14.8. The maximum atomic E-state index is 4.85. The smallest absolute Gasteiger partial charge is 0.0703 e. The minimum atomic E-state index is -0.223. The summed E-state index contributed by atoms with van der Waals surface area (Å²) in [4.78, 5) is 7.18. The lowest BCUT2D eigenvalue weighted by Gasteiger charge is -2.28. The first-order valence-electron chi connectivity index (χ1n) is 18.4. The molecule has 3 heteroatoms. The third-order valence-electron chi connectivity index (χ3n) is 11.6. The Morgan fingerprint density at radius 1 is 0.472 bits per heavy atom. The Balaban J connectivity index is 1.09. The molecule has 10 aromatic rings. The molecule has 1 aliphatic rings. The van der Waals surface area contributed by atoms with E-state index in [0.717, 1.165) is 28.0 Å². The molecule has 8 aromatic carbocycles. The molecule has 1 aliphatic carbocycles. The maximum absolute atomic E-state index is 4.85. The van der Waals surface area contributed by atoms with Gasteiger partial charge in [0.15, 0.2) is 0 Å². The van der Waals surface area contributed by atoms with Gasteiger partial charge in [0.25, 0.3) is 0 Å². The van der Waals surface area contributed by atoms with Crippen LogP contribution in [-0.2, 0) is 5.41 Å². The number of benzene rings is 8. The predicted octanol–water partition coefficient (Wildman–Crippen LogP) is 13.4. The summed E-state index contributed by atoms with van der Waals surface area (Å²) >= 11 is 0. The van der Waals surface area contributed by atoms with Gasteiger partial charge in [0.2, 0.25) is 0 Å². The molecule has 2 aromatic heterocycles. The van der Waals surface area contributed by atoms with Gasteiger partial charge in [-0.05, 0) is 104 Å². The van der Waals surface area contributed by atoms with E-state index >= 15 is 0 Å². The first-order chi connectivity index (χ1) is 26.0. The van der Waals surface area contributed by atoms with Crippen molar-refractivity contribution in [3.05, 3.63) is 187 Å². The monoisotopic (exact) mass is 677 g/mol. The molecule has 3 nitrogen and oxygen atoms in total. The molecule has 0 saturated heterocycles. The normalized spacial score (nSPS) is 13.2. The number of para-hydroxylation sites is 2. The fourth-order valence-corrected chi connectivity index (χ4v) is 9.02. The number of hydrogen-bond acceptors (Lipinski definition) is 2. The summed E-state index contributed by atoms with van der Waals surface area (Å²) in [6, 6.07) is 62.0. The van der Waals surface area contributed by atoms with E-state index in [9.17, 15) is 0 Å². The molecule has 53 heavy (non-hydrogen) atoms.